The van der Waals surface area contributed by atoms with E-state index in [1.165, 1.54) is 11.6 Å². The molecule has 2 aromatic heterocycles. The van der Waals surface area contributed by atoms with Gasteiger partial charge in [-0.2, -0.15) is 0 Å². The molecule has 6 nitrogen and oxygen atoms in total. The van der Waals surface area contributed by atoms with Crippen molar-refractivity contribution in [1.82, 2.24) is 18.7 Å². The van der Waals surface area contributed by atoms with Crippen LogP contribution in [0.5, 0.6) is 0 Å². The summed E-state index contributed by atoms with van der Waals surface area (Å²) >= 11 is 0. The van der Waals surface area contributed by atoms with Crippen molar-refractivity contribution < 1.29 is 0 Å². The van der Waals surface area contributed by atoms with Gasteiger partial charge in [0.05, 0.1) is 6.33 Å². The zero-order chi connectivity index (χ0) is 12.0. The Morgan fingerprint density at radius 1 is 1.19 bits per heavy atom. The fourth-order valence-corrected chi connectivity index (χ4v) is 1.76. The third-order valence-corrected chi connectivity index (χ3v) is 2.73. The van der Waals surface area contributed by atoms with Crippen molar-refractivity contribution in [3.63, 3.8) is 0 Å². The van der Waals surface area contributed by atoms with Crippen LogP contribution >= 0.6 is 0 Å². The van der Waals surface area contributed by atoms with Gasteiger partial charge in [-0.3, -0.25) is 13.9 Å². The van der Waals surface area contributed by atoms with E-state index in [0.717, 1.165) is 4.57 Å². The van der Waals surface area contributed by atoms with Crippen LogP contribution in [-0.4, -0.2) is 18.7 Å². The van der Waals surface area contributed by atoms with Crippen LogP contribution in [0.1, 0.15) is 19.9 Å². The second-order valence-corrected chi connectivity index (χ2v) is 4.12. The molecule has 0 aromatic carbocycles. The smallest absolute Gasteiger partial charge is 0.322 e. The van der Waals surface area contributed by atoms with Gasteiger partial charge in [-0.15, -0.1) is 0 Å². The highest BCUT2D eigenvalue weighted by atomic mass is 16.2. The van der Waals surface area contributed by atoms with Gasteiger partial charge in [0.15, 0.2) is 11.2 Å². The largest absolute Gasteiger partial charge is 0.332 e. The third-order valence-electron chi connectivity index (χ3n) is 2.73. The lowest BCUT2D eigenvalue weighted by atomic mass is 10.4. The molecule has 0 atom stereocenters. The van der Waals surface area contributed by atoms with Crippen LogP contribution in [0.4, 0.5) is 0 Å². The number of aryl methyl sites for hydroxylation is 1. The predicted octanol–water partition coefficient (Wildman–Crippen LogP) is 0.0146. The lowest BCUT2D eigenvalue weighted by molar-refractivity contribution is 0.610. The Kier molecular flexibility index (Phi) is 2.22. The maximum atomic E-state index is 12.0. The summed E-state index contributed by atoms with van der Waals surface area (Å²) in [5.41, 5.74) is 0.247. The Morgan fingerprint density at radius 3 is 2.38 bits per heavy atom. The molecule has 6 heteroatoms. The molecule has 0 saturated carbocycles. The molecule has 2 heterocycles. The molecule has 0 spiro atoms. The zero-order valence-corrected chi connectivity index (χ0v) is 9.76. The van der Waals surface area contributed by atoms with Gasteiger partial charge in [0.1, 0.15) is 0 Å². The summed E-state index contributed by atoms with van der Waals surface area (Å²) in [6.45, 7) is 3.93. The molecule has 0 aliphatic heterocycles. The van der Waals surface area contributed by atoms with E-state index in [-0.39, 0.29) is 17.3 Å². The lowest BCUT2D eigenvalue weighted by Gasteiger charge is -2.08. The monoisotopic (exact) mass is 222 g/mol. The molecule has 0 N–H and O–H groups in total. The fraction of sp³-hybridized carbons (Fsp3) is 0.500. The number of fused-ring (bicyclic) bond motifs is 1. The minimum atomic E-state index is -0.355. The van der Waals surface area contributed by atoms with Crippen LogP contribution in [0.15, 0.2) is 15.9 Å². The van der Waals surface area contributed by atoms with E-state index in [9.17, 15) is 9.59 Å². The van der Waals surface area contributed by atoms with Gasteiger partial charge in [0.2, 0.25) is 0 Å². The minimum absolute atomic E-state index is 0.134. The van der Waals surface area contributed by atoms with Gasteiger partial charge >= 0.3 is 5.69 Å². The van der Waals surface area contributed by atoms with Crippen molar-refractivity contribution in [2.45, 2.75) is 19.9 Å². The SMILES string of the molecule is CC(C)n1cnc2c1c(=O)n(C)c(=O)n2C. The first-order valence-corrected chi connectivity index (χ1v) is 5.07. The highest BCUT2D eigenvalue weighted by Crippen LogP contribution is 2.11. The van der Waals surface area contributed by atoms with E-state index >= 15 is 0 Å². The third kappa shape index (κ3) is 1.22. The Morgan fingerprint density at radius 2 is 1.81 bits per heavy atom. The van der Waals surface area contributed by atoms with Crippen molar-refractivity contribution >= 4 is 11.2 Å². The minimum Gasteiger partial charge on any atom is -0.322 e. The molecule has 2 rings (SSSR count). The maximum Gasteiger partial charge on any atom is 0.332 e. The molecule has 0 bridgehead atoms. The first-order chi connectivity index (χ1) is 7.45. The van der Waals surface area contributed by atoms with Crippen molar-refractivity contribution in [3.05, 3.63) is 27.2 Å². The van der Waals surface area contributed by atoms with Crippen molar-refractivity contribution in [1.29, 1.82) is 0 Å². The summed E-state index contributed by atoms with van der Waals surface area (Å²) in [5, 5.41) is 0. The van der Waals surface area contributed by atoms with Gasteiger partial charge in [0.25, 0.3) is 5.56 Å². The van der Waals surface area contributed by atoms with E-state index < -0.39 is 0 Å². The number of rotatable bonds is 1. The van der Waals surface area contributed by atoms with E-state index in [0.29, 0.717) is 11.2 Å². The Labute approximate surface area is 91.8 Å². The first kappa shape index (κ1) is 10.7. The molecule has 0 fully saturated rings. The summed E-state index contributed by atoms with van der Waals surface area (Å²) in [5.74, 6) is 0. The molecule has 16 heavy (non-hydrogen) atoms. The molecule has 0 amide bonds. The normalized spacial score (nSPS) is 11.6. The van der Waals surface area contributed by atoms with Crippen LogP contribution in [0.25, 0.3) is 11.2 Å². The Hall–Kier alpha value is -1.85. The number of hydrogen-bond acceptors (Lipinski definition) is 3. The van der Waals surface area contributed by atoms with Crippen molar-refractivity contribution in [3.8, 4) is 0 Å². The Balaban J connectivity index is 3.07. The average Bonchev–Trinajstić information content (AvgIpc) is 2.67. The van der Waals surface area contributed by atoms with Crippen molar-refractivity contribution in [2.24, 2.45) is 14.1 Å². The van der Waals surface area contributed by atoms with Crippen LogP contribution in [-0.2, 0) is 14.1 Å². The fourth-order valence-electron chi connectivity index (χ4n) is 1.76. The van der Waals surface area contributed by atoms with Gasteiger partial charge in [-0.25, -0.2) is 9.78 Å². The highest BCUT2D eigenvalue weighted by molar-refractivity contribution is 5.70. The quantitative estimate of drug-likeness (QED) is 0.683. The standard InChI is InChI=1S/C10H14N4O2/c1-6(2)14-5-11-8-7(14)9(15)13(4)10(16)12(8)3/h5-6H,1-4H3. The summed E-state index contributed by atoms with van der Waals surface area (Å²) in [6, 6.07) is 0.134. The predicted molar refractivity (Wildman–Crippen MR) is 60.6 cm³/mol. The zero-order valence-electron chi connectivity index (χ0n) is 9.76. The van der Waals surface area contributed by atoms with Crippen LogP contribution in [0, 0.1) is 0 Å². The van der Waals surface area contributed by atoms with Gasteiger partial charge in [0, 0.05) is 20.1 Å². The van der Waals surface area contributed by atoms with E-state index in [1.807, 2.05) is 13.8 Å². The Bertz CT molecular complexity index is 660. The van der Waals surface area contributed by atoms with E-state index in [2.05, 4.69) is 4.98 Å². The lowest BCUT2D eigenvalue weighted by Crippen LogP contribution is -2.37. The molecule has 0 unspecified atom stereocenters. The van der Waals surface area contributed by atoms with E-state index in [4.69, 9.17) is 0 Å². The van der Waals surface area contributed by atoms with E-state index in [1.54, 1.807) is 17.9 Å². The molecule has 86 valence electrons. The summed E-state index contributed by atoms with van der Waals surface area (Å²) in [7, 11) is 3.09. The number of nitrogens with zero attached hydrogens (tertiary/aromatic N) is 4. The second-order valence-electron chi connectivity index (χ2n) is 4.12. The van der Waals surface area contributed by atoms with Crippen LogP contribution in [0.3, 0.4) is 0 Å². The van der Waals surface area contributed by atoms with Gasteiger partial charge in [-0.1, -0.05) is 0 Å². The van der Waals surface area contributed by atoms with Gasteiger partial charge < -0.3 is 4.57 Å². The van der Waals surface area contributed by atoms with Gasteiger partial charge in [-0.05, 0) is 13.8 Å². The summed E-state index contributed by atoms with van der Waals surface area (Å²) < 4.78 is 4.26. The molecule has 0 saturated heterocycles. The molecular weight excluding hydrogens is 208 g/mol. The topological polar surface area (TPSA) is 61.8 Å². The summed E-state index contributed by atoms with van der Waals surface area (Å²) in [4.78, 5) is 27.8. The first-order valence-electron chi connectivity index (χ1n) is 5.07. The molecule has 0 aliphatic rings. The number of aromatic nitrogens is 4. The average molecular weight is 222 g/mol. The number of imidazole rings is 1. The van der Waals surface area contributed by atoms with Crippen LogP contribution in [0.2, 0.25) is 0 Å². The molecular formula is C10H14N4O2. The second kappa shape index (κ2) is 3.33. The maximum absolute atomic E-state index is 12.0. The molecule has 0 radical (unpaired) electrons. The van der Waals surface area contributed by atoms with Crippen molar-refractivity contribution in [2.75, 3.05) is 0 Å². The number of hydrogen-bond donors (Lipinski definition) is 0. The molecule has 0 aliphatic carbocycles. The summed E-state index contributed by atoms with van der Waals surface area (Å²) in [6.07, 6.45) is 1.59. The molecule has 2 aromatic rings. The van der Waals surface area contributed by atoms with Crippen LogP contribution < -0.4 is 11.2 Å². The highest BCUT2D eigenvalue weighted by Gasteiger charge is 2.15.